The Balaban J connectivity index is 1.97. The Kier molecular flexibility index (Phi) is 5.31. The van der Waals surface area contributed by atoms with Crippen molar-refractivity contribution in [3.63, 3.8) is 0 Å². The van der Waals surface area contributed by atoms with E-state index in [9.17, 15) is 4.79 Å². The van der Waals surface area contributed by atoms with E-state index in [-0.39, 0.29) is 11.7 Å². The van der Waals surface area contributed by atoms with Crippen LogP contribution in [0.3, 0.4) is 0 Å². The van der Waals surface area contributed by atoms with E-state index in [2.05, 4.69) is 49.9 Å². The van der Waals surface area contributed by atoms with Crippen LogP contribution in [0.15, 0.2) is 0 Å². The zero-order valence-corrected chi connectivity index (χ0v) is 14.5. The maximum Gasteiger partial charge on any atom is 0.244 e. The van der Waals surface area contributed by atoms with Gasteiger partial charge >= 0.3 is 0 Å². The van der Waals surface area contributed by atoms with Crippen LogP contribution in [0.25, 0.3) is 0 Å². The fourth-order valence-electron chi connectivity index (χ4n) is 3.68. The van der Waals surface area contributed by atoms with Crippen molar-refractivity contribution in [1.29, 1.82) is 0 Å². The van der Waals surface area contributed by atoms with Crippen molar-refractivity contribution in [1.82, 2.24) is 15.1 Å². The number of amides is 1. The van der Waals surface area contributed by atoms with Crippen LogP contribution in [-0.4, -0.2) is 53.6 Å². The van der Waals surface area contributed by atoms with Crippen molar-refractivity contribution in [2.75, 3.05) is 20.1 Å². The van der Waals surface area contributed by atoms with Crippen molar-refractivity contribution < 1.29 is 4.79 Å². The largest absolute Gasteiger partial charge is 0.325 e. The van der Waals surface area contributed by atoms with Gasteiger partial charge in [0.1, 0.15) is 0 Å². The lowest BCUT2D eigenvalue weighted by atomic mass is 9.98. The molecule has 1 N–H and O–H groups in total. The average Bonchev–Trinajstić information content (AvgIpc) is 2.99. The zero-order valence-electron chi connectivity index (χ0n) is 14.5. The van der Waals surface area contributed by atoms with Crippen molar-refractivity contribution in [3.8, 4) is 0 Å². The number of hydrogen-bond acceptors (Lipinski definition) is 3. The summed E-state index contributed by atoms with van der Waals surface area (Å²) in [4.78, 5) is 17.4. The standard InChI is InChI=1S/C17H33N3O/c1-13(2)15-18-17(9-6-7-10-17)16(21)20(15)12-8-11-19(5)14(3)4/h13-15,18H,6-12H2,1-5H3. The van der Waals surface area contributed by atoms with Crippen molar-refractivity contribution in [2.24, 2.45) is 5.92 Å². The summed E-state index contributed by atoms with van der Waals surface area (Å²) >= 11 is 0. The molecule has 0 aromatic rings. The Morgan fingerprint density at radius 3 is 2.43 bits per heavy atom. The van der Waals surface area contributed by atoms with E-state index in [0.717, 1.165) is 32.4 Å². The van der Waals surface area contributed by atoms with Gasteiger partial charge in [-0.3, -0.25) is 10.1 Å². The van der Waals surface area contributed by atoms with Gasteiger partial charge in [0.15, 0.2) is 0 Å². The molecule has 1 spiro atoms. The normalized spacial score (nSPS) is 25.2. The number of carbonyl (C=O) groups excluding carboxylic acids is 1. The van der Waals surface area contributed by atoms with E-state index in [0.29, 0.717) is 17.9 Å². The van der Waals surface area contributed by atoms with Gasteiger partial charge in [-0.15, -0.1) is 0 Å². The second kappa shape index (κ2) is 6.66. The predicted octanol–water partition coefficient (Wildman–Crippen LogP) is 2.44. The van der Waals surface area contributed by atoms with Crippen LogP contribution >= 0.6 is 0 Å². The van der Waals surface area contributed by atoms with Gasteiger partial charge in [-0.25, -0.2) is 0 Å². The second-order valence-corrected chi connectivity index (χ2v) is 7.55. The van der Waals surface area contributed by atoms with Crippen LogP contribution in [0, 0.1) is 5.92 Å². The van der Waals surface area contributed by atoms with Crippen LogP contribution in [0.5, 0.6) is 0 Å². The molecule has 2 rings (SSSR count). The molecule has 1 unspecified atom stereocenters. The lowest BCUT2D eigenvalue weighted by Crippen LogP contribution is -2.45. The molecule has 1 atom stereocenters. The Morgan fingerprint density at radius 2 is 1.90 bits per heavy atom. The minimum absolute atomic E-state index is 0.222. The number of nitrogens with one attached hydrogen (secondary N) is 1. The molecule has 1 saturated carbocycles. The maximum absolute atomic E-state index is 12.9. The van der Waals surface area contributed by atoms with Gasteiger partial charge in [-0.2, -0.15) is 0 Å². The first-order chi connectivity index (χ1) is 9.87. The van der Waals surface area contributed by atoms with Crippen LogP contribution in [0.1, 0.15) is 59.8 Å². The van der Waals surface area contributed by atoms with Gasteiger partial charge in [-0.1, -0.05) is 26.7 Å². The second-order valence-electron chi connectivity index (χ2n) is 7.55. The highest BCUT2D eigenvalue weighted by molar-refractivity contribution is 5.89. The molecule has 4 nitrogen and oxygen atoms in total. The summed E-state index contributed by atoms with van der Waals surface area (Å²) in [5.41, 5.74) is -0.223. The molecular weight excluding hydrogens is 262 g/mol. The predicted molar refractivity (Wildman–Crippen MR) is 87.1 cm³/mol. The number of carbonyl (C=O) groups is 1. The summed E-state index contributed by atoms with van der Waals surface area (Å²) in [6.45, 7) is 10.8. The van der Waals surface area contributed by atoms with Crippen LogP contribution in [0.2, 0.25) is 0 Å². The van der Waals surface area contributed by atoms with Crippen LogP contribution < -0.4 is 5.32 Å². The maximum atomic E-state index is 12.9. The van der Waals surface area contributed by atoms with Crippen molar-refractivity contribution >= 4 is 5.91 Å². The third-order valence-electron chi connectivity index (χ3n) is 5.31. The van der Waals surface area contributed by atoms with Crippen molar-refractivity contribution in [3.05, 3.63) is 0 Å². The van der Waals surface area contributed by atoms with Crippen LogP contribution in [-0.2, 0) is 4.79 Å². The summed E-state index contributed by atoms with van der Waals surface area (Å²) in [6, 6.07) is 0.569. The summed E-state index contributed by atoms with van der Waals surface area (Å²) in [5, 5.41) is 3.69. The highest BCUT2D eigenvalue weighted by Crippen LogP contribution is 2.37. The van der Waals surface area contributed by atoms with E-state index in [1.165, 1.54) is 12.8 Å². The molecule has 2 aliphatic rings. The molecule has 21 heavy (non-hydrogen) atoms. The molecule has 1 aliphatic heterocycles. The fourth-order valence-corrected chi connectivity index (χ4v) is 3.68. The average molecular weight is 295 g/mol. The number of rotatable bonds is 6. The summed E-state index contributed by atoms with van der Waals surface area (Å²) in [7, 11) is 2.16. The SMILES string of the molecule is CC(C)C1NC2(CCCC2)C(=O)N1CCCN(C)C(C)C. The van der Waals surface area contributed by atoms with E-state index in [1.807, 2.05) is 0 Å². The monoisotopic (exact) mass is 295 g/mol. The highest BCUT2D eigenvalue weighted by Gasteiger charge is 2.52. The Bertz CT molecular complexity index is 361. The zero-order chi connectivity index (χ0) is 15.6. The molecule has 2 fully saturated rings. The lowest BCUT2D eigenvalue weighted by Gasteiger charge is -2.28. The van der Waals surface area contributed by atoms with E-state index >= 15 is 0 Å². The minimum atomic E-state index is -0.223. The Hall–Kier alpha value is -0.610. The third kappa shape index (κ3) is 3.42. The van der Waals surface area contributed by atoms with Gasteiger partial charge in [0.05, 0.1) is 11.7 Å². The molecule has 1 aliphatic carbocycles. The first kappa shape index (κ1) is 16.8. The molecule has 4 heteroatoms. The fraction of sp³-hybridized carbons (Fsp3) is 0.941. The van der Waals surface area contributed by atoms with E-state index in [4.69, 9.17) is 0 Å². The quantitative estimate of drug-likeness (QED) is 0.817. The Morgan fingerprint density at radius 1 is 1.29 bits per heavy atom. The van der Waals surface area contributed by atoms with Gasteiger partial charge in [0.25, 0.3) is 0 Å². The molecule has 0 aromatic heterocycles. The van der Waals surface area contributed by atoms with Gasteiger partial charge in [0.2, 0.25) is 5.91 Å². The molecule has 0 radical (unpaired) electrons. The molecule has 0 bridgehead atoms. The third-order valence-corrected chi connectivity index (χ3v) is 5.31. The summed E-state index contributed by atoms with van der Waals surface area (Å²) in [5.74, 6) is 0.836. The molecule has 0 aromatic carbocycles. The van der Waals surface area contributed by atoms with Crippen molar-refractivity contribution in [2.45, 2.75) is 77.5 Å². The van der Waals surface area contributed by atoms with Gasteiger partial charge < -0.3 is 9.80 Å². The first-order valence-electron chi connectivity index (χ1n) is 8.66. The molecule has 1 amide bonds. The summed E-state index contributed by atoms with van der Waals surface area (Å²) < 4.78 is 0. The lowest BCUT2D eigenvalue weighted by molar-refractivity contribution is -0.133. The van der Waals surface area contributed by atoms with Gasteiger partial charge in [-0.05, 0) is 52.6 Å². The van der Waals surface area contributed by atoms with E-state index < -0.39 is 0 Å². The minimum Gasteiger partial charge on any atom is -0.325 e. The Labute approximate surface area is 130 Å². The first-order valence-corrected chi connectivity index (χ1v) is 8.66. The van der Waals surface area contributed by atoms with Gasteiger partial charge in [0, 0.05) is 12.6 Å². The number of hydrogen-bond donors (Lipinski definition) is 1. The van der Waals surface area contributed by atoms with Crippen LogP contribution in [0.4, 0.5) is 0 Å². The highest BCUT2D eigenvalue weighted by atomic mass is 16.2. The smallest absolute Gasteiger partial charge is 0.244 e. The topological polar surface area (TPSA) is 35.6 Å². The molecular formula is C17H33N3O. The summed E-state index contributed by atoms with van der Waals surface area (Å²) in [6.07, 6.45) is 5.71. The number of nitrogens with zero attached hydrogens (tertiary/aromatic N) is 2. The molecule has 1 heterocycles. The molecule has 1 saturated heterocycles. The molecule has 122 valence electrons. The van der Waals surface area contributed by atoms with E-state index in [1.54, 1.807) is 0 Å².